The Morgan fingerprint density at radius 1 is 1.33 bits per heavy atom. The highest BCUT2D eigenvalue weighted by Crippen LogP contribution is 2.29. The molecule has 1 aromatic carbocycles. The summed E-state index contributed by atoms with van der Waals surface area (Å²) in [6, 6.07) is 5.13. The second kappa shape index (κ2) is 6.32. The lowest BCUT2D eigenvalue weighted by atomic mass is 10.1. The zero-order chi connectivity index (χ0) is 14.8. The Bertz CT molecular complexity index is 632. The van der Waals surface area contributed by atoms with Crippen LogP contribution in [0.1, 0.15) is 18.7 Å². The molecule has 0 aliphatic carbocycles. The summed E-state index contributed by atoms with van der Waals surface area (Å²) in [6.45, 7) is 2.10. The van der Waals surface area contributed by atoms with Gasteiger partial charge in [-0.1, -0.05) is 23.2 Å². The van der Waals surface area contributed by atoms with E-state index in [1.165, 1.54) is 0 Å². The first-order valence-corrected chi connectivity index (χ1v) is 7.55. The molecule has 3 rings (SSSR count). The summed E-state index contributed by atoms with van der Waals surface area (Å²) in [4.78, 5) is 2.11. The van der Waals surface area contributed by atoms with Crippen LogP contribution in [0.25, 0.3) is 11.5 Å². The normalized spacial score (nSPS) is 19.9. The Balaban J connectivity index is 1.74. The van der Waals surface area contributed by atoms with Crippen molar-refractivity contribution in [2.24, 2.45) is 0 Å². The van der Waals surface area contributed by atoms with Crippen LogP contribution in [0.3, 0.4) is 0 Å². The average Bonchev–Trinajstić information content (AvgIpc) is 2.87. The first kappa shape index (κ1) is 14.8. The maximum absolute atomic E-state index is 9.66. The zero-order valence-electron chi connectivity index (χ0n) is 11.3. The molecule has 1 atom stereocenters. The van der Waals surface area contributed by atoms with E-state index in [1.807, 2.05) is 0 Å². The topological polar surface area (TPSA) is 62.4 Å². The van der Waals surface area contributed by atoms with E-state index < -0.39 is 0 Å². The lowest BCUT2D eigenvalue weighted by Gasteiger charge is -2.28. The first-order chi connectivity index (χ1) is 10.1. The minimum Gasteiger partial charge on any atom is -0.419 e. The van der Waals surface area contributed by atoms with Gasteiger partial charge >= 0.3 is 0 Å². The number of rotatable bonds is 3. The highest BCUT2D eigenvalue weighted by Gasteiger charge is 2.20. The van der Waals surface area contributed by atoms with E-state index in [0.29, 0.717) is 40.5 Å². The number of benzene rings is 1. The number of hydrogen-bond donors (Lipinski definition) is 1. The van der Waals surface area contributed by atoms with Crippen LogP contribution in [0.4, 0.5) is 0 Å². The van der Waals surface area contributed by atoms with Crippen LogP contribution < -0.4 is 0 Å². The van der Waals surface area contributed by atoms with Gasteiger partial charge in [-0.15, -0.1) is 10.2 Å². The quantitative estimate of drug-likeness (QED) is 0.938. The zero-order valence-corrected chi connectivity index (χ0v) is 12.8. The molecule has 0 bridgehead atoms. The number of aliphatic hydroxyl groups excluding tert-OH is 1. The highest BCUT2D eigenvalue weighted by molar-refractivity contribution is 6.36. The van der Waals surface area contributed by atoms with Crippen molar-refractivity contribution in [1.82, 2.24) is 15.1 Å². The molecule has 1 saturated heterocycles. The van der Waals surface area contributed by atoms with E-state index in [2.05, 4.69) is 15.1 Å². The molecule has 1 aliphatic rings. The number of aliphatic hydroxyl groups is 1. The molecule has 1 aromatic heterocycles. The summed E-state index contributed by atoms with van der Waals surface area (Å²) in [7, 11) is 0. The highest BCUT2D eigenvalue weighted by atomic mass is 35.5. The largest absolute Gasteiger partial charge is 0.419 e. The van der Waals surface area contributed by atoms with Crippen molar-refractivity contribution in [3.63, 3.8) is 0 Å². The maximum atomic E-state index is 9.66. The molecule has 0 radical (unpaired) electrons. The number of nitrogens with zero attached hydrogens (tertiary/aromatic N) is 3. The Kier molecular flexibility index (Phi) is 4.45. The number of piperidine rings is 1. The van der Waals surface area contributed by atoms with Crippen molar-refractivity contribution in [3.05, 3.63) is 34.1 Å². The molecule has 0 unspecified atom stereocenters. The summed E-state index contributed by atoms with van der Waals surface area (Å²) in [5.74, 6) is 0.898. The van der Waals surface area contributed by atoms with Gasteiger partial charge in [-0.25, -0.2) is 0 Å². The molecule has 1 fully saturated rings. The molecular weight excluding hydrogens is 313 g/mol. The van der Waals surface area contributed by atoms with Crippen molar-refractivity contribution in [2.75, 3.05) is 13.1 Å². The van der Waals surface area contributed by atoms with E-state index in [-0.39, 0.29) is 6.10 Å². The molecule has 5 nitrogen and oxygen atoms in total. The Morgan fingerprint density at radius 2 is 2.19 bits per heavy atom. The summed E-state index contributed by atoms with van der Waals surface area (Å²) >= 11 is 12.0. The van der Waals surface area contributed by atoms with E-state index >= 15 is 0 Å². The van der Waals surface area contributed by atoms with Gasteiger partial charge in [0.15, 0.2) is 0 Å². The van der Waals surface area contributed by atoms with Gasteiger partial charge < -0.3 is 9.52 Å². The number of hydrogen-bond acceptors (Lipinski definition) is 5. The van der Waals surface area contributed by atoms with Crippen molar-refractivity contribution in [1.29, 1.82) is 0 Å². The molecule has 1 aliphatic heterocycles. The predicted octanol–water partition coefficient (Wildman–Crippen LogP) is 3.00. The summed E-state index contributed by atoms with van der Waals surface area (Å²) in [5.41, 5.74) is 0.665. The molecule has 2 aromatic rings. The van der Waals surface area contributed by atoms with Gasteiger partial charge in [-0.05, 0) is 37.6 Å². The molecule has 0 spiro atoms. The van der Waals surface area contributed by atoms with Gasteiger partial charge in [0.05, 0.1) is 23.2 Å². The SMILES string of the molecule is O[C@@H]1CCCN(Cc2nnc(-c3ccc(Cl)cc3Cl)o2)C1. The lowest BCUT2D eigenvalue weighted by molar-refractivity contribution is 0.0625. The van der Waals surface area contributed by atoms with Gasteiger partial charge in [0.1, 0.15) is 0 Å². The molecule has 112 valence electrons. The molecule has 0 saturated carbocycles. The summed E-state index contributed by atoms with van der Waals surface area (Å²) < 4.78 is 5.66. The number of halogens is 2. The fraction of sp³-hybridized carbons (Fsp3) is 0.429. The second-order valence-electron chi connectivity index (χ2n) is 5.16. The molecule has 1 N–H and O–H groups in total. The van der Waals surface area contributed by atoms with Gasteiger partial charge in [0.2, 0.25) is 11.8 Å². The summed E-state index contributed by atoms with van der Waals surface area (Å²) in [6.07, 6.45) is 1.56. The molecule has 21 heavy (non-hydrogen) atoms. The van der Waals surface area contributed by atoms with Crippen LogP contribution in [-0.4, -0.2) is 39.4 Å². The van der Waals surface area contributed by atoms with Crippen LogP contribution in [0.2, 0.25) is 10.0 Å². The van der Waals surface area contributed by atoms with Gasteiger partial charge in [0.25, 0.3) is 0 Å². The first-order valence-electron chi connectivity index (χ1n) is 6.80. The number of aromatic nitrogens is 2. The monoisotopic (exact) mass is 327 g/mol. The van der Waals surface area contributed by atoms with Crippen LogP contribution in [0.5, 0.6) is 0 Å². The molecule has 7 heteroatoms. The van der Waals surface area contributed by atoms with Crippen LogP contribution in [0, 0.1) is 0 Å². The van der Waals surface area contributed by atoms with Crippen LogP contribution in [0.15, 0.2) is 22.6 Å². The standard InChI is InChI=1S/C14H15Cl2N3O2/c15-9-3-4-11(12(16)6-9)14-18-17-13(21-14)8-19-5-1-2-10(20)7-19/h3-4,6,10,20H,1-2,5,7-8H2/t10-/m1/s1. The molecular formula is C14H15Cl2N3O2. The average molecular weight is 328 g/mol. The van der Waals surface area contributed by atoms with Crippen LogP contribution >= 0.6 is 23.2 Å². The molecule has 2 heterocycles. The second-order valence-corrected chi connectivity index (χ2v) is 6.00. The van der Waals surface area contributed by atoms with Crippen LogP contribution in [-0.2, 0) is 6.54 Å². The van der Waals surface area contributed by atoms with Crippen molar-refractivity contribution >= 4 is 23.2 Å². The fourth-order valence-corrected chi connectivity index (χ4v) is 2.94. The molecule has 0 amide bonds. The lowest BCUT2D eigenvalue weighted by Crippen LogP contribution is -2.37. The predicted molar refractivity (Wildman–Crippen MR) is 80.3 cm³/mol. The van der Waals surface area contributed by atoms with Crippen molar-refractivity contribution in [3.8, 4) is 11.5 Å². The van der Waals surface area contributed by atoms with Gasteiger partial charge in [-0.2, -0.15) is 0 Å². The fourth-order valence-electron chi connectivity index (χ4n) is 2.46. The Morgan fingerprint density at radius 3 is 2.95 bits per heavy atom. The third-order valence-corrected chi connectivity index (χ3v) is 4.02. The summed E-state index contributed by atoms with van der Waals surface area (Å²) in [5, 5.41) is 18.8. The number of β-amino-alcohol motifs (C(OH)–C–C–N with tert-alkyl or cyclic N) is 1. The Hall–Kier alpha value is -1.14. The maximum Gasteiger partial charge on any atom is 0.249 e. The van der Waals surface area contributed by atoms with E-state index in [1.54, 1.807) is 18.2 Å². The smallest absolute Gasteiger partial charge is 0.249 e. The number of likely N-dealkylation sites (tertiary alicyclic amines) is 1. The minimum absolute atomic E-state index is 0.271. The minimum atomic E-state index is -0.271. The van der Waals surface area contributed by atoms with Crippen molar-refractivity contribution in [2.45, 2.75) is 25.5 Å². The third kappa shape index (κ3) is 3.55. The third-order valence-electron chi connectivity index (χ3n) is 3.47. The van der Waals surface area contributed by atoms with E-state index in [0.717, 1.165) is 19.4 Å². The van der Waals surface area contributed by atoms with E-state index in [4.69, 9.17) is 27.6 Å². The van der Waals surface area contributed by atoms with Gasteiger partial charge in [-0.3, -0.25) is 4.90 Å². The Labute approximate surface area is 132 Å². The van der Waals surface area contributed by atoms with Gasteiger partial charge in [0, 0.05) is 11.6 Å². The van der Waals surface area contributed by atoms with Crippen molar-refractivity contribution < 1.29 is 9.52 Å². The van der Waals surface area contributed by atoms with E-state index in [9.17, 15) is 5.11 Å².